The summed E-state index contributed by atoms with van der Waals surface area (Å²) in [7, 11) is 2.03. The largest absolute Gasteiger partial charge is 0.411 e. The normalized spacial score (nSPS) is 11.6. The van der Waals surface area contributed by atoms with Crippen molar-refractivity contribution in [2.24, 2.45) is 12.2 Å². The fourth-order valence-corrected chi connectivity index (χ4v) is 3.05. The van der Waals surface area contributed by atoms with Crippen LogP contribution in [-0.4, -0.2) is 45.8 Å². The molecule has 1 N–H and O–H groups in total. The van der Waals surface area contributed by atoms with Gasteiger partial charge in [-0.25, -0.2) is 4.98 Å². The molecule has 2 aromatic rings. The summed E-state index contributed by atoms with van der Waals surface area (Å²) in [5, 5.41) is 11.4. The van der Waals surface area contributed by atoms with E-state index < -0.39 is 0 Å². The predicted molar refractivity (Wildman–Crippen MR) is 97.6 cm³/mol. The quantitative estimate of drug-likeness (QED) is 0.245. The third-order valence-electron chi connectivity index (χ3n) is 3.85. The Morgan fingerprint density at radius 3 is 2.70 bits per heavy atom. The average Bonchev–Trinajstić information content (AvgIpc) is 2.87. The Bertz CT molecular complexity index is 651. The Labute approximate surface area is 146 Å². The molecule has 23 heavy (non-hydrogen) atoms. The Morgan fingerprint density at radius 2 is 2.04 bits per heavy atom. The monoisotopic (exact) mass is 356 g/mol. The highest BCUT2D eigenvalue weighted by Gasteiger charge is 2.11. The molecule has 1 aromatic heterocycles. The van der Waals surface area contributed by atoms with E-state index in [0.717, 1.165) is 54.9 Å². The van der Waals surface area contributed by atoms with Crippen molar-refractivity contribution in [2.75, 3.05) is 29.7 Å². The van der Waals surface area contributed by atoms with Crippen LogP contribution in [0.15, 0.2) is 23.4 Å². The minimum Gasteiger partial charge on any atom is -0.411 e. The van der Waals surface area contributed by atoms with Crippen molar-refractivity contribution >= 4 is 46.1 Å². The highest BCUT2D eigenvalue weighted by Crippen LogP contribution is 2.23. The maximum absolute atomic E-state index is 8.43. The first kappa shape index (κ1) is 17.9. The molecule has 0 fully saturated rings. The molecule has 0 amide bonds. The van der Waals surface area contributed by atoms with Gasteiger partial charge in [0, 0.05) is 50.2 Å². The lowest BCUT2D eigenvalue weighted by molar-refractivity contribution is 0.320. The number of fused-ring (bicyclic) bond motifs is 1. The van der Waals surface area contributed by atoms with Crippen molar-refractivity contribution in [2.45, 2.75) is 19.3 Å². The Kier molecular flexibility index (Phi) is 6.99. The van der Waals surface area contributed by atoms with Gasteiger partial charge in [-0.1, -0.05) is 0 Å². The molecule has 1 aromatic carbocycles. The Morgan fingerprint density at radius 1 is 1.30 bits per heavy atom. The number of unbranched alkanes of at least 4 members (excludes halogenated alkanes) is 1. The van der Waals surface area contributed by atoms with Gasteiger partial charge >= 0.3 is 0 Å². The lowest BCUT2D eigenvalue weighted by Gasteiger charge is -2.22. The number of halogens is 2. The summed E-state index contributed by atoms with van der Waals surface area (Å²) in [6.45, 7) is 1.53. The number of aromatic nitrogens is 2. The number of alkyl halides is 2. The molecule has 0 spiro atoms. The molecule has 0 atom stereocenters. The number of anilines is 1. The van der Waals surface area contributed by atoms with Gasteiger partial charge in [-0.2, -0.15) is 0 Å². The fourth-order valence-electron chi connectivity index (χ4n) is 2.64. The number of hydrogen-bond donors (Lipinski definition) is 1. The van der Waals surface area contributed by atoms with Gasteiger partial charge < -0.3 is 14.7 Å². The van der Waals surface area contributed by atoms with Crippen LogP contribution in [0.4, 0.5) is 5.69 Å². The van der Waals surface area contributed by atoms with Crippen molar-refractivity contribution in [3.05, 3.63) is 24.0 Å². The second-order valence-corrected chi connectivity index (χ2v) is 6.07. The molecular formula is C16H22Cl2N4O. The molecule has 0 radical (unpaired) electrons. The number of aryl methyl sites for hydroxylation is 2. The van der Waals surface area contributed by atoms with E-state index in [1.807, 2.05) is 7.05 Å². The second-order valence-electron chi connectivity index (χ2n) is 5.32. The van der Waals surface area contributed by atoms with E-state index >= 15 is 0 Å². The SMILES string of the molecule is Cn1c(CCCC=NO)nc2cc(N(CCCl)CCCl)ccc21. The van der Waals surface area contributed by atoms with Gasteiger partial charge in [0.05, 0.1) is 11.0 Å². The minimum absolute atomic E-state index is 0.564. The molecule has 0 aliphatic heterocycles. The van der Waals surface area contributed by atoms with Gasteiger partial charge in [0.25, 0.3) is 0 Å². The highest BCUT2D eigenvalue weighted by molar-refractivity contribution is 6.18. The zero-order chi connectivity index (χ0) is 16.7. The van der Waals surface area contributed by atoms with E-state index in [2.05, 4.69) is 32.8 Å². The van der Waals surface area contributed by atoms with Crippen molar-refractivity contribution in [1.29, 1.82) is 0 Å². The summed E-state index contributed by atoms with van der Waals surface area (Å²) >= 11 is 11.8. The van der Waals surface area contributed by atoms with Crippen LogP contribution < -0.4 is 4.90 Å². The van der Waals surface area contributed by atoms with Crippen molar-refractivity contribution in [3.8, 4) is 0 Å². The Balaban J connectivity index is 2.21. The molecule has 2 rings (SSSR count). The fraction of sp³-hybridized carbons (Fsp3) is 0.500. The van der Waals surface area contributed by atoms with Crippen LogP contribution in [-0.2, 0) is 13.5 Å². The van der Waals surface area contributed by atoms with Crippen molar-refractivity contribution in [3.63, 3.8) is 0 Å². The van der Waals surface area contributed by atoms with Crippen molar-refractivity contribution < 1.29 is 5.21 Å². The summed E-state index contributed by atoms with van der Waals surface area (Å²) < 4.78 is 2.11. The van der Waals surface area contributed by atoms with E-state index in [0.29, 0.717) is 11.8 Å². The molecule has 0 saturated heterocycles. The molecule has 1 heterocycles. The first-order valence-electron chi connectivity index (χ1n) is 7.69. The topological polar surface area (TPSA) is 53.6 Å². The van der Waals surface area contributed by atoms with Crippen LogP contribution >= 0.6 is 23.2 Å². The van der Waals surface area contributed by atoms with Gasteiger partial charge in [0.15, 0.2) is 0 Å². The number of rotatable bonds is 9. The van der Waals surface area contributed by atoms with E-state index in [1.165, 1.54) is 6.21 Å². The molecular weight excluding hydrogens is 335 g/mol. The number of benzene rings is 1. The van der Waals surface area contributed by atoms with Gasteiger partial charge in [0.1, 0.15) is 5.82 Å². The number of hydrogen-bond acceptors (Lipinski definition) is 4. The predicted octanol–water partition coefficient (Wildman–Crippen LogP) is 3.64. The van der Waals surface area contributed by atoms with Crippen molar-refractivity contribution in [1.82, 2.24) is 9.55 Å². The summed E-state index contributed by atoms with van der Waals surface area (Å²) in [6.07, 6.45) is 4.00. The molecule has 0 saturated carbocycles. The molecule has 7 heteroatoms. The highest BCUT2D eigenvalue weighted by atomic mass is 35.5. The van der Waals surface area contributed by atoms with Gasteiger partial charge in [-0.05, 0) is 31.0 Å². The summed E-state index contributed by atoms with van der Waals surface area (Å²) in [5.74, 6) is 2.16. The van der Waals surface area contributed by atoms with E-state index in [1.54, 1.807) is 0 Å². The first-order valence-corrected chi connectivity index (χ1v) is 8.76. The lowest BCUT2D eigenvalue weighted by atomic mass is 10.2. The molecule has 0 aliphatic rings. The van der Waals surface area contributed by atoms with Crippen LogP contribution in [0.2, 0.25) is 0 Å². The summed E-state index contributed by atoms with van der Waals surface area (Å²) in [4.78, 5) is 6.91. The molecule has 126 valence electrons. The third kappa shape index (κ3) is 4.52. The van der Waals surface area contributed by atoms with Gasteiger partial charge in [-0.3, -0.25) is 0 Å². The van der Waals surface area contributed by atoms with E-state index in [4.69, 9.17) is 33.4 Å². The third-order valence-corrected chi connectivity index (χ3v) is 4.18. The zero-order valence-corrected chi connectivity index (χ0v) is 14.8. The first-order chi connectivity index (χ1) is 11.2. The van der Waals surface area contributed by atoms with E-state index in [-0.39, 0.29) is 0 Å². The average molecular weight is 357 g/mol. The maximum Gasteiger partial charge on any atom is 0.109 e. The maximum atomic E-state index is 8.43. The van der Waals surface area contributed by atoms with Crippen LogP contribution in [0.3, 0.4) is 0 Å². The summed E-state index contributed by atoms with van der Waals surface area (Å²) in [5.41, 5.74) is 3.18. The van der Waals surface area contributed by atoms with Crippen LogP contribution in [0.5, 0.6) is 0 Å². The number of oxime groups is 1. The molecule has 0 aliphatic carbocycles. The van der Waals surface area contributed by atoms with Crippen LogP contribution in [0, 0.1) is 0 Å². The smallest absolute Gasteiger partial charge is 0.109 e. The zero-order valence-electron chi connectivity index (χ0n) is 13.3. The van der Waals surface area contributed by atoms with Gasteiger partial charge in [-0.15, -0.1) is 28.4 Å². The summed E-state index contributed by atoms with van der Waals surface area (Å²) in [6, 6.07) is 6.27. The lowest BCUT2D eigenvalue weighted by Crippen LogP contribution is -2.27. The van der Waals surface area contributed by atoms with Crippen LogP contribution in [0.1, 0.15) is 18.7 Å². The molecule has 5 nitrogen and oxygen atoms in total. The van der Waals surface area contributed by atoms with Crippen LogP contribution in [0.25, 0.3) is 11.0 Å². The number of imidazole rings is 1. The van der Waals surface area contributed by atoms with Gasteiger partial charge in [0.2, 0.25) is 0 Å². The minimum atomic E-state index is 0.564. The second kappa shape index (κ2) is 8.99. The molecule has 0 bridgehead atoms. The molecule has 0 unspecified atom stereocenters. The van der Waals surface area contributed by atoms with E-state index in [9.17, 15) is 0 Å². The number of nitrogens with zero attached hydrogens (tertiary/aromatic N) is 4. The standard InChI is InChI=1S/C16H22Cl2N4O/c1-21-15-6-5-13(22(10-7-17)11-8-18)12-14(15)20-16(21)4-2-3-9-19-23/h5-6,9,12,23H,2-4,7-8,10-11H2,1H3. The Hall–Kier alpha value is -1.46.